The van der Waals surface area contributed by atoms with Gasteiger partial charge in [0.15, 0.2) is 0 Å². The quantitative estimate of drug-likeness (QED) is 0.836. The van der Waals surface area contributed by atoms with Crippen molar-refractivity contribution in [2.45, 2.75) is 39.3 Å². The van der Waals surface area contributed by atoms with Gasteiger partial charge < -0.3 is 15.8 Å². The van der Waals surface area contributed by atoms with E-state index >= 15 is 0 Å². The van der Waals surface area contributed by atoms with Gasteiger partial charge in [-0.25, -0.2) is 4.98 Å². The summed E-state index contributed by atoms with van der Waals surface area (Å²) in [7, 11) is 0. The number of nitrogen functional groups attached to an aromatic ring is 1. The second-order valence-electron chi connectivity index (χ2n) is 5.72. The molecule has 0 spiro atoms. The van der Waals surface area contributed by atoms with Crippen LogP contribution in [0.4, 0.5) is 5.82 Å². The number of ether oxygens (including phenoxy) is 1. The number of likely N-dealkylation sites (N-methyl/N-ethyl adjacent to an activating group) is 1. The molecule has 1 saturated heterocycles. The lowest BCUT2D eigenvalue weighted by Gasteiger charge is -2.37. The van der Waals surface area contributed by atoms with Gasteiger partial charge in [0.1, 0.15) is 5.82 Å². The first kappa shape index (κ1) is 16.2. The SMILES string of the molecule is CCCNC(c1cc(C)cnc1N)C1CN(CC)CCO1. The van der Waals surface area contributed by atoms with Crippen LogP contribution in [0.2, 0.25) is 0 Å². The van der Waals surface area contributed by atoms with Crippen molar-refractivity contribution in [3.8, 4) is 0 Å². The second-order valence-corrected chi connectivity index (χ2v) is 5.72. The Morgan fingerprint density at radius 3 is 3.05 bits per heavy atom. The summed E-state index contributed by atoms with van der Waals surface area (Å²) in [4.78, 5) is 6.74. The monoisotopic (exact) mass is 292 g/mol. The van der Waals surface area contributed by atoms with Crippen molar-refractivity contribution in [1.82, 2.24) is 15.2 Å². The molecule has 2 heterocycles. The van der Waals surface area contributed by atoms with Crippen LogP contribution in [0.3, 0.4) is 0 Å². The van der Waals surface area contributed by atoms with E-state index in [2.05, 4.69) is 35.1 Å². The summed E-state index contributed by atoms with van der Waals surface area (Å²) in [6.07, 6.45) is 3.02. The Kier molecular flexibility index (Phi) is 5.96. The molecule has 0 bridgehead atoms. The molecular formula is C16H28N4O. The third-order valence-corrected chi connectivity index (χ3v) is 4.03. The maximum Gasteiger partial charge on any atom is 0.128 e. The van der Waals surface area contributed by atoms with Crippen molar-refractivity contribution in [3.05, 3.63) is 23.4 Å². The van der Waals surface area contributed by atoms with E-state index in [1.54, 1.807) is 0 Å². The third-order valence-electron chi connectivity index (χ3n) is 4.03. The van der Waals surface area contributed by atoms with Crippen LogP contribution < -0.4 is 11.1 Å². The zero-order chi connectivity index (χ0) is 15.2. The summed E-state index contributed by atoms with van der Waals surface area (Å²) in [5.41, 5.74) is 8.31. The van der Waals surface area contributed by atoms with E-state index in [9.17, 15) is 0 Å². The number of morpholine rings is 1. The van der Waals surface area contributed by atoms with Gasteiger partial charge in [-0.2, -0.15) is 0 Å². The Morgan fingerprint density at radius 2 is 2.33 bits per heavy atom. The standard InChI is InChI=1S/C16H28N4O/c1-4-6-18-15(13-9-12(3)10-19-16(13)17)14-11-20(5-2)7-8-21-14/h9-10,14-15,18H,4-8,11H2,1-3H3,(H2,17,19). The lowest BCUT2D eigenvalue weighted by atomic mass is 9.99. The van der Waals surface area contributed by atoms with E-state index in [0.717, 1.165) is 50.3 Å². The minimum atomic E-state index is 0.103. The largest absolute Gasteiger partial charge is 0.383 e. The zero-order valence-corrected chi connectivity index (χ0v) is 13.4. The van der Waals surface area contributed by atoms with Crippen LogP contribution in [0, 0.1) is 6.92 Å². The molecular weight excluding hydrogens is 264 g/mol. The minimum Gasteiger partial charge on any atom is -0.383 e. The number of pyridine rings is 1. The zero-order valence-electron chi connectivity index (χ0n) is 13.4. The van der Waals surface area contributed by atoms with Gasteiger partial charge in [0.05, 0.1) is 18.8 Å². The van der Waals surface area contributed by atoms with Gasteiger partial charge in [-0.15, -0.1) is 0 Å². The maximum atomic E-state index is 6.12. The van der Waals surface area contributed by atoms with Crippen LogP contribution >= 0.6 is 0 Å². The van der Waals surface area contributed by atoms with Gasteiger partial charge in [0.25, 0.3) is 0 Å². The highest BCUT2D eigenvalue weighted by atomic mass is 16.5. The predicted molar refractivity (Wildman–Crippen MR) is 86.3 cm³/mol. The molecule has 0 radical (unpaired) electrons. The number of hydrogen-bond acceptors (Lipinski definition) is 5. The van der Waals surface area contributed by atoms with Gasteiger partial charge in [-0.3, -0.25) is 4.90 Å². The van der Waals surface area contributed by atoms with Crippen LogP contribution in [0.15, 0.2) is 12.3 Å². The summed E-state index contributed by atoms with van der Waals surface area (Å²) >= 11 is 0. The molecule has 0 saturated carbocycles. The van der Waals surface area contributed by atoms with Crippen molar-refractivity contribution in [1.29, 1.82) is 0 Å². The van der Waals surface area contributed by atoms with Gasteiger partial charge in [0, 0.05) is 24.8 Å². The van der Waals surface area contributed by atoms with E-state index in [0.29, 0.717) is 5.82 Å². The minimum absolute atomic E-state index is 0.103. The summed E-state index contributed by atoms with van der Waals surface area (Å²) in [5, 5.41) is 3.60. The Labute approximate surface area is 127 Å². The molecule has 1 aromatic heterocycles. The number of aromatic nitrogens is 1. The van der Waals surface area contributed by atoms with Crippen molar-refractivity contribution in [3.63, 3.8) is 0 Å². The molecule has 5 heteroatoms. The topological polar surface area (TPSA) is 63.4 Å². The fraction of sp³-hybridized carbons (Fsp3) is 0.688. The molecule has 1 aromatic rings. The molecule has 1 aliphatic heterocycles. The first-order chi connectivity index (χ1) is 10.2. The third kappa shape index (κ3) is 4.15. The number of nitrogens with zero attached hydrogens (tertiary/aromatic N) is 2. The number of nitrogens with two attached hydrogens (primary N) is 1. The Bertz CT molecular complexity index is 452. The van der Waals surface area contributed by atoms with E-state index in [1.807, 2.05) is 13.1 Å². The summed E-state index contributed by atoms with van der Waals surface area (Å²) in [6.45, 7) is 11.1. The highest BCUT2D eigenvalue weighted by molar-refractivity contribution is 5.43. The van der Waals surface area contributed by atoms with Crippen LogP contribution in [0.25, 0.3) is 0 Å². The van der Waals surface area contributed by atoms with Crippen LogP contribution in [0.1, 0.15) is 37.4 Å². The average Bonchev–Trinajstić information content (AvgIpc) is 2.51. The van der Waals surface area contributed by atoms with Crippen LogP contribution in [-0.4, -0.2) is 48.8 Å². The van der Waals surface area contributed by atoms with Gasteiger partial charge in [-0.1, -0.05) is 13.8 Å². The Balaban J connectivity index is 2.22. The van der Waals surface area contributed by atoms with Crippen molar-refractivity contribution in [2.75, 3.05) is 38.5 Å². The average molecular weight is 292 g/mol. The summed E-state index contributed by atoms with van der Waals surface area (Å²) < 4.78 is 6.03. The molecule has 2 atom stereocenters. The van der Waals surface area contributed by atoms with Crippen molar-refractivity contribution < 1.29 is 4.74 Å². The summed E-state index contributed by atoms with van der Waals surface area (Å²) in [5.74, 6) is 0.603. The molecule has 1 fully saturated rings. The molecule has 21 heavy (non-hydrogen) atoms. The molecule has 0 aromatic carbocycles. The van der Waals surface area contributed by atoms with E-state index in [1.165, 1.54) is 0 Å². The molecule has 3 N–H and O–H groups in total. The van der Waals surface area contributed by atoms with Gasteiger partial charge >= 0.3 is 0 Å². The van der Waals surface area contributed by atoms with Crippen LogP contribution in [-0.2, 0) is 4.74 Å². The Morgan fingerprint density at radius 1 is 1.52 bits per heavy atom. The first-order valence-electron chi connectivity index (χ1n) is 7.95. The molecule has 2 rings (SSSR count). The highest BCUT2D eigenvalue weighted by Gasteiger charge is 2.30. The van der Waals surface area contributed by atoms with Crippen molar-refractivity contribution >= 4 is 5.82 Å². The molecule has 1 aliphatic rings. The fourth-order valence-electron chi connectivity index (χ4n) is 2.81. The molecule has 118 valence electrons. The predicted octanol–water partition coefficient (Wildman–Crippen LogP) is 1.73. The number of hydrogen-bond donors (Lipinski definition) is 2. The lowest BCUT2D eigenvalue weighted by molar-refractivity contribution is -0.0455. The molecule has 5 nitrogen and oxygen atoms in total. The number of nitrogens with one attached hydrogen (secondary N) is 1. The number of aryl methyl sites for hydroxylation is 1. The fourth-order valence-corrected chi connectivity index (χ4v) is 2.81. The first-order valence-corrected chi connectivity index (χ1v) is 7.95. The Hall–Kier alpha value is -1.17. The second kappa shape index (κ2) is 7.73. The highest BCUT2D eigenvalue weighted by Crippen LogP contribution is 2.26. The van der Waals surface area contributed by atoms with Gasteiger partial charge in [-0.05, 0) is 38.1 Å². The number of rotatable bonds is 6. The molecule has 0 aliphatic carbocycles. The number of anilines is 1. The maximum absolute atomic E-state index is 6.12. The lowest BCUT2D eigenvalue weighted by Crippen LogP contribution is -2.48. The van der Waals surface area contributed by atoms with Crippen LogP contribution in [0.5, 0.6) is 0 Å². The molecule has 0 amide bonds. The smallest absolute Gasteiger partial charge is 0.128 e. The summed E-state index contributed by atoms with van der Waals surface area (Å²) in [6, 6.07) is 2.23. The molecule has 2 unspecified atom stereocenters. The van der Waals surface area contributed by atoms with E-state index < -0.39 is 0 Å². The van der Waals surface area contributed by atoms with E-state index in [-0.39, 0.29) is 12.1 Å². The normalized spacial score (nSPS) is 21.4. The van der Waals surface area contributed by atoms with E-state index in [4.69, 9.17) is 10.5 Å². The van der Waals surface area contributed by atoms with Crippen molar-refractivity contribution in [2.24, 2.45) is 0 Å². The van der Waals surface area contributed by atoms with Gasteiger partial charge in [0.2, 0.25) is 0 Å².